The van der Waals surface area contributed by atoms with E-state index in [1.54, 1.807) is 6.92 Å². The van der Waals surface area contributed by atoms with Crippen molar-refractivity contribution in [3.63, 3.8) is 0 Å². The highest BCUT2D eigenvalue weighted by atomic mass is 16.5. The highest BCUT2D eigenvalue weighted by Crippen LogP contribution is 2.28. The molecule has 0 aliphatic heterocycles. The summed E-state index contributed by atoms with van der Waals surface area (Å²) in [6.45, 7) is 7.87. The molecule has 0 aromatic heterocycles. The van der Waals surface area contributed by atoms with E-state index in [1.807, 2.05) is 6.92 Å². The summed E-state index contributed by atoms with van der Waals surface area (Å²) in [5, 5.41) is 12.3. The van der Waals surface area contributed by atoms with Crippen LogP contribution < -0.4 is 5.32 Å². The van der Waals surface area contributed by atoms with Crippen molar-refractivity contribution >= 4 is 5.97 Å². The number of carbonyl (C=O) groups is 1. The molecule has 2 N–H and O–H groups in total. The van der Waals surface area contributed by atoms with Crippen LogP contribution in [0.4, 0.5) is 0 Å². The number of hydrogen-bond acceptors (Lipinski definition) is 4. The molecule has 0 heterocycles. The molecule has 0 aromatic carbocycles. The van der Waals surface area contributed by atoms with E-state index in [1.165, 1.54) is 12.8 Å². The van der Waals surface area contributed by atoms with Crippen LogP contribution in [0.25, 0.3) is 0 Å². The van der Waals surface area contributed by atoms with Gasteiger partial charge in [-0.3, -0.25) is 4.79 Å². The Morgan fingerprint density at radius 1 is 1.45 bits per heavy atom. The van der Waals surface area contributed by atoms with E-state index in [0.717, 1.165) is 38.6 Å². The second-order valence-corrected chi connectivity index (χ2v) is 6.09. The predicted molar refractivity (Wildman–Crippen MR) is 80.0 cm³/mol. The van der Waals surface area contributed by atoms with Crippen molar-refractivity contribution in [3.8, 4) is 0 Å². The van der Waals surface area contributed by atoms with E-state index in [-0.39, 0.29) is 0 Å². The normalized spacial score (nSPS) is 18.2. The van der Waals surface area contributed by atoms with Gasteiger partial charge in [-0.25, -0.2) is 0 Å². The average Bonchev–Trinajstić information content (AvgIpc) is 3.19. The number of nitrogens with one attached hydrogen (secondary N) is 1. The first-order valence-electron chi connectivity index (χ1n) is 7.72. The quantitative estimate of drug-likeness (QED) is 0.533. The fourth-order valence-corrected chi connectivity index (χ4v) is 2.23. The van der Waals surface area contributed by atoms with Crippen molar-refractivity contribution in [2.75, 3.05) is 39.9 Å². The Labute approximate surface area is 122 Å². The van der Waals surface area contributed by atoms with Gasteiger partial charge in [-0.15, -0.1) is 0 Å². The molecule has 5 nitrogen and oxygen atoms in total. The van der Waals surface area contributed by atoms with Gasteiger partial charge in [0.1, 0.15) is 5.54 Å². The Balaban J connectivity index is 2.09. The Hall–Kier alpha value is -0.650. The maximum atomic E-state index is 11.3. The van der Waals surface area contributed by atoms with Crippen LogP contribution in [0.5, 0.6) is 0 Å². The lowest BCUT2D eigenvalue weighted by Crippen LogP contribution is -2.49. The Morgan fingerprint density at radius 2 is 2.15 bits per heavy atom. The van der Waals surface area contributed by atoms with E-state index < -0.39 is 11.5 Å². The molecule has 1 atom stereocenters. The van der Waals surface area contributed by atoms with Crippen molar-refractivity contribution < 1.29 is 14.6 Å². The average molecular weight is 286 g/mol. The van der Waals surface area contributed by atoms with Crippen molar-refractivity contribution in [2.24, 2.45) is 5.92 Å². The van der Waals surface area contributed by atoms with Crippen molar-refractivity contribution in [1.29, 1.82) is 0 Å². The minimum absolute atomic E-state index is 0.642. The van der Waals surface area contributed by atoms with E-state index in [4.69, 9.17) is 4.74 Å². The van der Waals surface area contributed by atoms with E-state index in [0.29, 0.717) is 13.0 Å². The van der Waals surface area contributed by atoms with E-state index in [9.17, 15) is 9.90 Å². The molecule has 1 aliphatic rings. The van der Waals surface area contributed by atoms with Gasteiger partial charge in [0.15, 0.2) is 0 Å². The Kier molecular flexibility index (Phi) is 7.48. The third kappa shape index (κ3) is 6.68. The van der Waals surface area contributed by atoms with Crippen LogP contribution in [-0.4, -0.2) is 61.4 Å². The monoisotopic (exact) mass is 286 g/mol. The van der Waals surface area contributed by atoms with Crippen LogP contribution >= 0.6 is 0 Å². The zero-order valence-electron chi connectivity index (χ0n) is 13.2. The summed E-state index contributed by atoms with van der Waals surface area (Å²) in [6.07, 6.45) is 4.17. The molecule has 1 rings (SSSR count). The largest absolute Gasteiger partial charge is 0.480 e. The zero-order valence-corrected chi connectivity index (χ0v) is 13.2. The molecule has 0 aromatic rings. The zero-order chi connectivity index (χ0) is 15.0. The van der Waals surface area contributed by atoms with Crippen LogP contribution in [0.1, 0.15) is 39.5 Å². The molecule has 118 valence electrons. The summed E-state index contributed by atoms with van der Waals surface area (Å²) < 4.78 is 5.60. The number of aliphatic carboxylic acids is 1. The van der Waals surface area contributed by atoms with Crippen molar-refractivity contribution in [3.05, 3.63) is 0 Å². The molecule has 0 amide bonds. The number of likely N-dealkylation sites (N-methyl/N-ethyl adjacent to an activating group) is 2. The lowest BCUT2D eigenvalue weighted by atomic mass is 9.96. The molecule has 5 heteroatoms. The lowest BCUT2D eigenvalue weighted by molar-refractivity contribution is -0.144. The summed E-state index contributed by atoms with van der Waals surface area (Å²) in [5.74, 6) is 0.0477. The molecule has 1 unspecified atom stereocenters. The summed E-state index contributed by atoms with van der Waals surface area (Å²) in [7, 11) is 2.06. The van der Waals surface area contributed by atoms with Crippen molar-refractivity contribution in [2.45, 2.75) is 45.1 Å². The molecule has 1 fully saturated rings. The molecule has 1 aliphatic carbocycles. The Bertz CT molecular complexity index is 295. The maximum Gasteiger partial charge on any atom is 0.323 e. The first-order valence-corrected chi connectivity index (χ1v) is 7.72. The number of ether oxygens (including phenoxy) is 1. The Morgan fingerprint density at radius 3 is 2.70 bits per heavy atom. The number of hydrogen-bond donors (Lipinski definition) is 2. The van der Waals surface area contributed by atoms with E-state index >= 15 is 0 Å². The summed E-state index contributed by atoms with van der Waals surface area (Å²) in [6, 6.07) is 0. The fourth-order valence-electron chi connectivity index (χ4n) is 2.23. The van der Waals surface area contributed by atoms with Gasteiger partial charge in [-0.1, -0.05) is 6.92 Å². The topological polar surface area (TPSA) is 61.8 Å². The van der Waals surface area contributed by atoms with Crippen LogP contribution in [0.2, 0.25) is 0 Å². The molecule has 0 spiro atoms. The minimum Gasteiger partial charge on any atom is -0.480 e. The maximum absolute atomic E-state index is 11.3. The van der Waals surface area contributed by atoms with Gasteiger partial charge >= 0.3 is 5.97 Å². The predicted octanol–water partition coefficient (Wildman–Crippen LogP) is 1.58. The lowest BCUT2D eigenvalue weighted by Gasteiger charge is -2.26. The summed E-state index contributed by atoms with van der Waals surface area (Å²) in [5.41, 5.74) is -0.807. The number of carboxylic acids is 1. The molecule has 0 radical (unpaired) electrons. The molecule has 20 heavy (non-hydrogen) atoms. The number of carboxylic acid groups (broad SMARTS) is 1. The van der Waals surface area contributed by atoms with Gasteiger partial charge in [-0.05, 0) is 58.7 Å². The van der Waals surface area contributed by atoms with Gasteiger partial charge in [0, 0.05) is 13.2 Å². The van der Waals surface area contributed by atoms with Gasteiger partial charge in [-0.2, -0.15) is 0 Å². The molecule has 1 saturated carbocycles. The minimum atomic E-state index is -0.807. The highest BCUT2D eigenvalue weighted by Gasteiger charge is 2.31. The molecular formula is C15H30N2O3. The first kappa shape index (κ1) is 17.4. The van der Waals surface area contributed by atoms with Gasteiger partial charge in [0.2, 0.25) is 0 Å². The third-order valence-corrected chi connectivity index (χ3v) is 3.92. The van der Waals surface area contributed by atoms with Gasteiger partial charge in [0.25, 0.3) is 0 Å². The smallest absolute Gasteiger partial charge is 0.323 e. The molecular weight excluding hydrogens is 256 g/mol. The second-order valence-electron chi connectivity index (χ2n) is 6.09. The molecule has 0 saturated heterocycles. The summed E-state index contributed by atoms with van der Waals surface area (Å²) in [4.78, 5) is 13.5. The highest BCUT2D eigenvalue weighted by molar-refractivity contribution is 5.78. The van der Waals surface area contributed by atoms with Crippen LogP contribution in [-0.2, 0) is 9.53 Å². The second kappa shape index (κ2) is 8.60. The van der Waals surface area contributed by atoms with E-state index in [2.05, 4.69) is 17.3 Å². The van der Waals surface area contributed by atoms with Crippen LogP contribution in [0, 0.1) is 5.92 Å². The van der Waals surface area contributed by atoms with Crippen LogP contribution in [0.3, 0.4) is 0 Å². The fraction of sp³-hybridized carbons (Fsp3) is 0.933. The third-order valence-electron chi connectivity index (χ3n) is 3.92. The van der Waals surface area contributed by atoms with Gasteiger partial charge in [0.05, 0.1) is 6.61 Å². The first-order chi connectivity index (χ1) is 9.48. The van der Waals surface area contributed by atoms with Gasteiger partial charge < -0.3 is 20.1 Å². The number of nitrogens with zero attached hydrogens (tertiary/aromatic N) is 1. The standard InChI is InChI=1S/C15H30N2O3/c1-4-16-15(2,14(18)19)8-5-9-17(3)10-11-20-12-13-6-7-13/h13,16H,4-12H2,1-3H3,(H,18,19). The van der Waals surface area contributed by atoms with Crippen molar-refractivity contribution in [1.82, 2.24) is 10.2 Å². The van der Waals surface area contributed by atoms with Crippen LogP contribution in [0.15, 0.2) is 0 Å². The molecule has 0 bridgehead atoms. The summed E-state index contributed by atoms with van der Waals surface area (Å²) >= 11 is 0. The number of rotatable bonds is 12. The SMILES string of the molecule is CCNC(C)(CCCN(C)CCOCC1CC1)C(=O)O.